The molecule has 0 amide bonds. The standard InChI is InChI=1S/C16H24/c1-4-5-12-6-7-13-14(12)8-10(2)16-11(3)9-15(13)16/h4,10-11,13-16H,6-9H2,1-3H3. The Morgan fingerprint density at radius 2 is 1.88 bits per heavy atom. The average Bonchev–Trinajstić information content (AvgIpc) is 2.59. The van der Waals surface area contributed by atoms with Crippen LogP contribution in [0.25, 0.3) is 0 Å². The van der Waals surface area contributed by atoms with Gasteiger partial charge < -0.3 is 0 Å². The van der Waals surface area contributed by atoms with Crippen LogP contribution in [0.5, 0.6) is 0 Å². The molecule has 3 aliphatic rings. The second kappa shape index (κ2) is 3.77. The molecule has 88 valence electrons. The average molecular weight is 216 g/mol. The van der Waals surface area contributed by atoms with Crippen LogP contribution >= 0.6 is 0 Å². The highest BCUT2D eigenvalue weighted by Gasteiger charge is 2.53. The fourth-order valence-electron chi connectivity index (χ4n) is 5.13. The minimum Gasteiger partial charge on any atom is -0.126 e. The Balaban J connectivity index is 1.86. The van der Waals surface area contributed by atoms with Crippen LogP contribution in [0.4, 0.5) is 0 Å². The van der Waals surface area contributed by atoms with Crippen LogP contribution < -0.4 is 0 Å². The van der Waals surface area contributed by atoms with Crippen molar-refractivity contribution in [3.63, 3.8) is 0 Å². The summed E-state index contributed by atoms with van der Waals surface area (Å²) in [7, 11) is 0. The molecular weight excluding hydrogens is 192 g/mol. The molecule has 0 heterocycles. The first-order valence-electron chi connectivity index (χ1n) is 7.12. The molecule has 0 nitrogen and oxygen atoms in total. The highest BCUT2D eigenvalue weighted by Crippen LogP contribution is 2.61. The van der Waals surface area contributed by atoms with Gasteiger partial charge in [-0.05, 0) is 79.8 Å². The molecule has 3 rings (SSSR count). The van der Waals surface area contributed by atoms with Gasteiger partial charge in [-0.3, -0.25) is 0 Å². The summed E-state index contributed by atoms with van der Waals surface area (Å²) in [5, 5.41) is 0. The monoisotopic (exact) mass is 216 g/mol. The lowest BCUT2D eigenvalue weighted by Gasteiger charge is -2.55. The number of hydrogen-bond donors (Lipinski definition) is 0. The summed E-state index contributed by atoms with van der Waals surface area (Å²) >= 11 is 0. The SMILES string of the molecule is CC=C=C1CCC2C1CC(C)C1C(C)CC21. The van der Waals surface area contributed by atoms with Crippen molar-refractivity contribution in [2.75, 3.05) is 0 Å². The van der Waals surface area contributed by atoms with Gasteiger partial charge in [0.2, 0.25) is 0 Å². The maximum atomic E-state index is 3.53. The first-order chi connectivity index (χ1) is 7.72. The molecule has 0 aromatic heterocycles. The first kappa shape index (κ1) is 10.7. The maximum absolute atomic E-state index is 3.53. The van der Waals surface area contributed by atoms with E-state index >= 15 is 0 Å². The van der Waals surface area contributed by atoms with E-state index in [2.05, 4.69) is 32.6 Å². The van der Waals surface area contributed by atoms with Gasteiger partial charge in [-0.15, -0.1) is 5.73 Å². The summed E-state index contributed by atoms with van der Waals surface area (Å²) in [5.41, 5.74) is 5.18. The minimum atomic E-state index is 0.903. The molecule has 0 saturated heterocycles. The minimum absolute atomic E-state index is 0.903. The van der Waals surface area contributed by atoms with E-state index in [4.69, 9.17) is 0 Å². The predicted molar refractivity (Wildman–Crippen MR) is 68.0 cm³/mol. The van der Waals surface area contributed by atoms with Gasteiger partial charge in [0, 0.05) is 0 Å². The number of rotatable bonds is 0. The molecule has 16 heavy (non-hydrogen) atoms. The zero-order valence-corrected chi connectivity index (χ0v) is 10.9. The first-order valence-corrected chi connectivity index (χ1v) is 7.12. The largest absolute Gasteiger partial charge is 0.126 e. The summed E-state index contributed by atoms with van der Waals surface area (Å²) in [6.45, 7) is 7.07. The van der Waals surface area contributed by atoms with Crippen molar-refractivity contribution >= 4 is 0 Å². The molecule has 3 aliphatic carbocycles. The number of fused-ring (bicyclic) bond motifs is 3. The lowest BCUT2D eigenvalue weighted by atomic mass is 9.50. The van der Waals surface area contributed by atoms with E-state index in [9.17, 15) is 0 Å². The zero-order chi connectivity index (χ0) is 11.3. The summed E-state index contributed by atoms with van der Waals surface area (Å²) in [6.07, 6.45) is 7.88. The van der Waals surface area contributed by atoms with E-state index in [1.165, 1.54) is 25.7 Å². The van der Waals surface area contributed by atoms with Crippen molar-refractivity contribution in [2.45, 2.75) is 46.5 Å². The van der Waals surface area contributed by atoms with Gasteiger partial charge in [-0.25, -0.2) is 0 Å². The van der Waals surface area contributed by atoms with E-state index < -0.39 is 0 Å². The van der Waals surface area contributed by atoms with E-state index in [-0.39, 0.29) is 0 Å². The Bertz CT molecular complexity index is 345. The summed E-state index contributed by atoms with van der Waals surface area (Å²) in [6, 6.07) is 0. The molecule has 3 fully saturated rings. The van der Waals surface area contributed by atoms with Crippen LogP contribution in [0, 0.1) is 35.5 Å². The Hall–Kier alpha value is -0.480. The molecule has 3 saturated carbocycles. The van der Waals surface area contributed by atoms with E-state index in [0.29, 0.717) is 0 Å². The molecule has 0 aromatic carbocycles. The summed E-state index contributed by atoms with van der Waals surface area (Å²) < 4.78 is 0. The molecule has 0 heteroatoms. The van der Waals surface area contributed by atoms with E-state index in [1.54, 1.807) is 5.57 Å². The van der Waals surface area contributed by atoms with Crippen molar-refractivity contribution in [1.82, 2.24) is 0 Å². The van der Waals surface area contributed by atoms with Crippen LogP contribution in [0.1, 0.15) is 46.5 Å². The van der Waals surface area contributed by atoms with Crippen molar-refractivity contribution in [3.05, 3.63) is 17.4 Å². The molecule has 0 spiro atoms. The zero-order valence-electron chi connectivity index (χ0n) is 10.9. The normalized spacial score (nSPS) is 50.1. The second-order valence-electron chi connectivity index (χ2n) is 6.43. The summed E-state index contributed by atoms with van der Waals surface area (Å²) in [5.74, 6) is 6.03. The molecule has 0 radical (unpaired) electrons. The van der Waals surface area contributed by atoms with Gasteiger partial charge in [-0.2, -0.15) is 0 Å². The highest BCUT2D eigenvalue weighted by molar-refractivity contribution is 5.18. The highest BCUT2D eigenvalue weighted by atomic mass is 14.6. The molecular formula is C16H24. The Kier molecular flexibility index (Phi) is 2.51. The molecule has 0 N–H and O–H groups in total. The Morgan fingerprint density at radius 1 is 1.12 bits per heavy atom. The predicted octanol–water partition coefficient (Wildman–Crippen LogP) is 4.43. The van der Waals surface area contributed by atoms with Gasteiger partial charge in [0.15, 0.2) is 0 Å². The van der Waals surface area contributed by atoms with Crippen LogP contribution in [0.3, 0.4) is 0 Å². The number of hydrogen-bond acceptors (Lipinski definition) is 0. The van der Waals surface area contributed by atoms with E-state index in [1.807, 2.05) is 0 Å². The van der Waals surface area contributed by atoms with Gasteiger partial charge >= 0.3 is 0 Å². The fraction of sp³-hybridized carbons (Fsp3) is 0.812. The third-order valence-corrected chi connectivity index (χ3v) is 5.67. The molecule has 6 atom stereocenters. The maximum Gasteiger partial charge on any atom is -0.00934 e. The van der Waals surface area contributed by atoms with Gasteiger partial charge in [0.25, 0.3) is 0 Å². The lowest BCUT2D eigenvalue weighted by Crippen LogP contribution is -2.48. The smallest absolute Gasteiger partial charge is 0.00934 e. The molecule has 6 unspecified atom stereocenters. The lowest BCUT2D eigenvalue weighted by molar-refractivity contribution is -0.0581. The Morgan fingerprint density at radius 3 is 2.56 bits per heavy atom. The topological polar surface area (TPSA) is 0 Å². The second-order valence-corrected chi connectivity index (χ2v) is 6.43. The van der Waals surface area contributed by atoms with Crippen molar-refractivity contribution < 1.29 is 0 Å². The van der Waals surface area contributed by atoms with Crippen molar-refractivity contribution in [1.29, 1.82) is 0 Å². The van der Waals surface area contributed by atoms with Crippen LogP contribution in [-0.2, 0) is 0 Å². The van der Waals surface area contributed by atoms with Crippen molar-refractivity contribution in [2.24, 2.45) is 35.5 Å². The number of allylic oxidation sites excluding steroid dienone is 1. The van der Waals surface area contributed by atoms with Gasteiger partial charge in [0.1, 0.15) is 0 Å². The summed E-state index contributed by atoms with van der Waals surface area (Å²) in [4.78, 5) is 0. The molecule has 0 aliphatic heterocycles. The molecule has 0 aromatic rings. The third-order valence-electron chi connectivity index (χ3n) is 5.67. The van der Waals surface area contributed by atoms with Crippen LogP contribution in [-0.4, -0.2) is 0 Å². The van der Waals surface area contributed by atoms with Gasteiger partial charge in [0.05, 0.1) is 0 Å². The quantitative estimate of drug-likeness (QED) is 0.526. The van der Waals surface area contributed by atoms with Crippen molar-refractivity contribution in [3.8, 4) is 0 Å². The Labute approximate surface area is 99.8 Å². The third kappa shape index (κ3) is 1.36. The van der Waals surface area contributed by atoms with Gasteiger partial charge in [-0.1, -0.05) is 13.8 Å². The van der Waals surface area contributed by atoms with Crippen LogP contribution in [0.2, 0.25) is 0 Å². The molecule has 0 bridgehead atoms. The van der Waals surface area contributed by atoms with E-state index in [0.717, 1.165) is 35.5 Å². The fourth-order valence-corrected chi connectivity index (χ4v) is 5.13. The van der Waals surface area contributed by atoms with Crippen LogP contribution in [0.15, 0.2) is 17.4 Å².